The van der Waals surface area contributed by atoms with E-state index in [1.165, 1.54) is 4.40 Å². The Bertz CT molecular complexity index is 981. The summed E-state index contributed by atoms with van der Waals surface area (Å²) in [6, 6.07) is 10.3. The van der Waals surface area contributed by atoms with E-state index in [9.17, 15) is 14.7 Å². The Labute approximate surface area is 142 Å². The van der Waals surface area contributed by atoms with E-state index in [0.29, 0.717) is 5.02 Å². The number of carbonyl (C=O) groups is 1. The Kier molecular flexibility index (Phi) is 4.22. The van der Waals surface area contributed by atoms with Crippen molar-refractivity contribution in [3.63, 3.8) is 0 Å². The van der Waals surface area contributed by atoms with Crippen molar-refractivity contribution >= 4 is 23.2 Å². The second kappa shape index (κ2) is 6.33. The maximum Gasteiger partial charge on any atom is 0.274 e. The van der Waals surface area contributed by atoms with E-state index < -0.39 is 17.3 Å². The molecular weight excluding hydrogens is 330 g/mol. The van der Waals surface area contributed by atoms with Gasteiger partial charge in [-0.25, -0.2) is 0 Å². The maximum absolute atomic E-state index is 12.5. The number of carbonyl (C=O) groups excluding carboxylic acids is 1. The minimum atomic E-state index is -0.684. The molecule has 0 saturated carbocycles. The van der Waals surface area contributed by atoms with E-state index in [1.54, 1.807) is 42.6 Å². The van der Waals surface area contributed by atoms with Gasteiger partial charge in [-0.15, -0.1) is 0 Å². The molecule has 0 radical (unpaired) electrons. The number of hydrogen-bond donors (Lipinski definition) is 2. The fourth-order valence-corrected chi connectivity index (χ4v) is 2.43. The lowest BCUT2D eigenvalue weighted by Crippen LogP contribution is -2.31. The number of fused-ring (bicyclic) bond motifs is 1. The number of amides is 1. The summed E-state index contributed by atoms with van der Waals surface area (Å²) in [6.07, 6.45) is 1.57. The van der Waals surface area contributed by atoms with Crippen molar-refractivity contribution in [1.82, 2.24) is 14.7 Å². The molecule has 0 fully saturated rings. The second-order valence-electron chi connectivity index (χ2n) is 5.36. The van der Waals surface area contributed by atoms with E-state index >= 15 is 0 Å². The van der Waals surface area contributed by atoms with Gasteiger partial charge in [0.15, 0.2) is 5.56 Å². The van der Waals surface area contributed by atoms with Crippen LogP contribution in [0.3, 0.4) is 0 Å². The predicted octanol–water partition coefficient (Wildman–Crippen LogP) is 2.29. The summed E-state index contributed by atoms with van der Waals surface area (Å²) >= 11 is 5.81. The molecule has 0 atom stereocenters. The lowest BCUT2D eigenvalue weighted by Gasteiger charge is -2.08. The van der Waals surface area contributed by atoms with Gasteiger partial charge in [-0.1, -0.05) is 29.8 Å². The van der Waals surface area contributed by atoms with Crippen molar-refractivity contribution < 1.29 is 9.90 Å². The van der Waals surface area contributed by atoms with Crippen LogP contribution in [0.25, 0.3) is 5.65 Å². The summed E-state index contributed by atoms with van der Waals surface area (Å²) < 4.78 is 1.24. The maximum atomic E-state index is 12.5. The molecule has 3 rings (SSSR count). The highest BCUT2D eigenvalue weighted by Crippen LogP contribution is 2.13. The molecule has 2 aromatic heterocycles. The largest absolute Gasteiger partial charge is 0.493 e. The summed E-state index contributed by atoms with van der Waals surface area (Å²) in [7, 11) is 0. The van der Waals surface area contributed by atoms with E-state index in [-0.39, 0.29) is 17.8 Å². The van der Waals surface area contributed by atoms with Gasteiger partial charge in [0, 0.05) is 17.8 Å². The van der Waals surface area contributed by atoms with Gasteiger partial charge in [0.2, 0.25) is 5.88 Å². The Morgan fingerprint density at radius 2 is 1.96 bits per heavy atom. The molecule has 0 aliphatic carbocycles. The van der Waals surface area contributed by atoms with Crippen LogP contribution in [0.2, 0.25) is 5.02 Å². The first kappa shape index (κ1) is 16.0. The highest BCUT2D eigenvalue weighted by molar-refractivity contribution is 6.30. The topological polar surface area (TPSA) is 83.7 Å². The number of nitrogens with one attached hydrogen (secondary N) is 1. The Hall–Kier alpha value is -2.86. The van der Waals surface area contributed by atoms with Crippen LogP contribution in [0.15, 0.2) is 47.4 Å². The third-order valence-electron chi connectivity index (χ3n) is 3.54. The number of aromatic nitrogens is 2. The van der Waals surface area contributed by atoms with Gasteiger partial charge in [0.1, 0.15) is 5.65 Å². The molecule has 0 spiro atoms. The van der Waals surface area contributed by atoms with Gasteiger partial charge < -0.3 is 10.4 Å². The molecule has 3 aromatic rings. The molecule has 122 valence electrons. The molecule has 24 heavy (non-hydrogen) atoms. The Morgan fingerprint density at radius 3 is 2.67 bits per heavy atom. The van der Waals surface area contributed by atoms with E-state index in [1.807, 2.05) is 6.92 Å². The van der Waals surface area contributed by atoms with Crippen LogP contribution in [0.1, 0.15) is 21.5 Å². The molecule has 1 amide bonds. The molecule has 0 aliphatic heterocycles. The van der Waals surface area contributed by atoms with Gasteiger partial charge >= 0.3 is 0 Å². The molecule has 0 saturated heterocycles. The van der Waals surface area contributed by atoms with Crippen LogP contribution in [0, 0.1) is 6.92 Å². The number of halogens is 1. The van der Waals surface area contributed by atoms with Crippen LogP contribution in [-0.2, 0) is 6.54 Å². The first-order valence-electron chi connectivity index (χ1n) is 7.20. The van der Waals surface area contributed by atoms with E-state index in [0.717, 1.165) is 11.1 Å². The third-order valence-corrected chi connectivity index (χ3v) is 3.80. The van der Waals surface area contributed by atoms with Crippen molar-refractivity contribution in [3.05, 3.63) is 74.7 Å². The number of aryl methyl sites for hydroxylation is 1. The standard InChI is InChI=1S/C17H14ClN3O3/c1-10-2-7-13-20-16(23)14(17(24)21(13)9-10)15(22)19-8-11-3-5-12(18)6-4-11/h2-7,9,23H,8H2,1H3,(H,19,22). The average Bonchev–Trinajstić information content (AvgIpc) is 2.55. The minimum Gasteiger partial charge on any atom is -0.493 e. The monoisotopic (exact) mass is 343 g/mol. The summed E-state index contributed by atoms with van der Waals surface area (Å²) in [6.45, 7) is 2.02. The summed E-state index contributed by atoms with van der Waals surface area (Å²) in [5, 5.41) is 13.2. The first-order valence-corrected chi connectivity index (χ1v) is 7.58. The molecule has 0 aliphatic rings. The molecule has 0 bridgehead atoms. The molecule has 2 N–H and O–H groups in total. The van der Waals surface area contributed by atoms with Gasteiger partial charge in [-0.3, -0.25) is 14.0 Å². The fraction of sp³-hybridized carbons (Fsp3) is 0.118. The third kappa shape index (κ3) is 3.09. The van der Waals surface area contributed by atoms with Crippen molar-refractivity contribution in [2.24, 2.45) is 0 Å². The Balaban J connectivity index is 1.91. The first-order chi connectivity index (χ1) is 11.5. The normalized spacial score (nSPS) is 10.8. The average molecular weight is 344 g/mol. The SMILES string of the molecule is Cc1ccc2nc(O)c(C(=O)NCc3ccc(Cl)cc3)c(=O)n2c1. The van der Waals surface area contributed by atoms with Gasteiger partial charge in [0.25, 0.3) is 11.5 Å². The highest BCUT2D eigenvalue weighted by Gasteiger charge is 2.19. The summed E-state index contributed by atoms with van der Waals surface area (Å²) in [5.74, 6) is -1.27. The van der Waals surface area contributed by atoms with Crippen LogP contribution in [0.4, 0.5) is 0 Å². The second-order valence-corrected chi connectivity index (χ2v) is 5.80. The minimum absolute atomic E-state index is 0.200. The number of aromatic hydroxyl groups is 1. The number of pyridine rings is 1. The van der Waals surface area contributed by atoms with Gasteiger partial charge in [-0.2, -0.15) is 4.98 Å². The highest BCUT2D eigenvalue weighted by atomic mass is 35.5. The predicted molar refractivity (Wildman–Crippen MR) is 90.5 cm³/mol. The van der Waals surface area contributed by atoms with Gasteiger partial charge in [0.05, 0.1) is 0 Å². The van der Waals surface area contributed by atoms with Crippen LogP contribution in [-0.4, -0.2) is 20.4 Å². The lowest BCUT2D eigenvalue weighted by molar-refractivity contribution is 0.0945. The van der Waals surface area contributed by atoms with Crippen molar-refractivity contribution in [2.75, 3.05) is 0 Å². The van der Waals surface area contributed by atoms with E-state index in [4.69, 9.17) is 11.6 Å². The number of benzene rings is 1. The molecular formula is C17H14ClN3O3. The quantitative estimate of drug-likeness (QED) is 0.764. The van der Waals surface area contributed by atoms with Crippen molar-refractivity contribution in [2.45, 2.75) is 13.5 Å². The molecule has 0 unspecified atom stereocenters. The zero-order valence-corrected chi connectivity index (χ0v) is 13.5. The summed E-state index contributed by atoms with van der Waals surface area (Å²) in [5.41, 5.74) is 0.931. The number of rotatable bonds is 3. The molecule has 2 heterocycles. The van der Waals surface area contributed by atoms with E-state index in [2.05, 4.69) is 10.3 Å². The van der Waals surface area contributed by atoms with Crippen LogP contribution < -0.4 is 10.9 Å². The van der Waals surface area contributed by atoms with Crippen LogP contribution in [0.5, 0.6) is 5.88 Å². The summed E-state index contributed by atoms with van der Waals surface area (Å²) in [4.78, 5) is 28.7. The van der Waals surface area contributed by atoms with Crippen molar-refractivity contribution in [3.8, 4) is 5.88 Å². The molecule has 1 aromatic carbocycles. The Morgan fingerprint density at radius 1 is 1.25 bits per heavy atom. The van der Waals surface area contributed by atoms with Crippen LogP contribution >= 0.6 is 11.6 Å². The number of nitrogens with zero attached hydrogens (tertiary/aromatic N) is 2. The smallest absolute Gasteiger partial charge is 0.274 e. The molecule has 7 heteroatoms. The zero-order chi connectivity index (χ0) is 17.3. The molecule has 6 nitrogen and oxygen atoms in total. The van der Waals surface area contributed by atoms with Crippen molar-refractivity contribution in [1.29, 1.82) is 0 Å². The fourth-order valence-electron chi connectivity index (χ4n) is 2.31. The zero-order valence-electron chi connectivity index (χ0n) is 12.8. The number of hydrogen-bond acceptors (Lipinski definition) is 4. The lowest BCUT2D eigenvalue weighted by atomic mass is 10.2. The van der Waals surface area contributed by atoms with Gasteiger partial charge in [-0.05, 0) is 36.2 Å².